The smallest absolute Gasteiger partial charge is 0.274 e. The second kappa shape index (κ2) is 9.76. The van der Waals surface area contributed by atoms with Crippen LogP contribution in [0.15, 0.2) is 71.5 Å². The predicted octanol–water partition coefficient (Wildman–Crippen LogP) is 4.01. The highest BCUT2D eigenvalue weighted by Gasteiger charge is 2.42. The van der Waals surface area contributed by atoms with Crippen LogP contribution in [0.2, 0.25) is 0 Å². The van der Waals surface area contributed by atoms with Crippen LogP contribution in [0.25, 0.3) is 10.8 Å². The second-order valence-electron chi connectivity index (χ2n) is 10.4. The maximum Gasteiger partial charge on any atom is 0.274 e. The van der Waals surface area contributed by atoms with E-state index in [1.54, 1.807) is 36.2 Å². The number of likely N-dealkylation sites (tertiary alicyclic amines) is 2. The van der Waals surface area contributed by atoms with Gasteiger partial charge in [0.25, 0.3) is 11.5 Å². The average Bonchev–Trinajstić information content (AvgIpc) is 3.48. The number of benzene rings is 3. The van der Waals surface area contributed by atoms with Crippen LogP contribution in [0.4, 0.5) is 8.78 Å². The van der Waals surface area contributed by atoms with Gasteiger partial charge in [0.1, 0.15) is 11.6 Å². The van der Waals surface area contributed by atoms with Crippen LogP contribution in [0, 0.1) is 23.5 Å². The van der Waals surface area contributed by atoms with E-state index < -0.39 is 5.82 Å². The summed E-state index contributed by atoms with van der Waals surface area (Å²) in [6.45, 7) is 3.26. The lowest BCUT2D eigenvalue weighted by Crippen LogP contribution is -2.33. The fraction of sp³-hybridized carbons (Fsp3) is 0.300. The summed E-state index contributed by atoms with van der Waals surface area (Å²) in [5.74, 6) is -0.470. The first-order valence-electron chi connectivity index (χ1n) is 12.9. The molecular formula is C30H28F2N4O2. The first-order valence-corrected chi connectivity index (χ1v) is 12.9. The molecule has 6 rings (SSSR count). The van der Waals surface area contributed by atoms with Gasteiger partial charge in [0.15, 0.2) is 0 Å². The van der Waals surface area contributed by atoms with Crippen molar-refractivity contribution in [1.29, 1.82) is 0 Å². The molecule has 3 heterocycles. The Bertz CT molecular complexity index is 1590. The Morgan fingerprint density at radius 2 is 1.58 bits per heavy atom. The lowest BCUT2D eigenvalue weighted by molar-refractivity contribution is 0.0768. The molecule has 0 N–H and O–H groups in total. The largest absolute Gasteiger partial charge is 0.338 e. The normalized spacial score (nSPS) is 19.3. The lowest BCUT2D eigenvalue weighted by Gasteiger charge is -2.22. The van der Waals surface area contributed by atoms with E-state index in [1.807, 2.05) is 30.3 Å². The Morgan fingerprint density at radius 1 is 0.895 bits per heavy atom. The quantitative estimate of drug-likeness (QED) is 0.404. The molecule has 38 heavy (non-hydrogen) atoms. The van der Waals surface area contributed by atoms with E-state index in [0.717, 1.165) is 24.0 Å². The highest BCUT2D eigenvalue weighted by atomic mass is 19.1. The second-order valence-corrected chi connectivity index (χ2v) is 10.4. The third kappa shape index (κ3) is 4.49. The SMILES string of the molecule is Cn1nc(Cc2ccc(F)c(C(=O)N3CC4CN(Cc5ccccc5F)CC4C3)c2)c2ccccc2c1=O. The maximum absolute atomic E-state index is 14.9. The third-order valence-electron chi connectivity index (χ3n) is 7.87. The van der Waals surface area contributed by atoms with Gasteiger partial charge < -0.3 is 4.90 Å². The number of hydrogen-bond acceptors (Lipinski definition) is 4. The number of halogens is 2. The zero-order chi connectivity index (χ0) is 26.4. The zero-order valence-electron chi connectivity index (χ0n) is 21.1. The number of hydrogen-bond donors (Lipinski definition) is 0. The Morgan fingerprint density at radius 3 is 2.32 bits per heavy atom. The van der Waals surface area contributed by atoms with Gasteiger partial charge in [-0.05, 0) is 41.7 Å². The first kappa shape index (κ1) is 24.4. The zero-order valence-corrected chi connectivity index (χ0v) is 21.1. The molecule has 0 radical (unpaired) electrons. The molecule has 1 aromatic heterocycles. The van der Waals surface area contributed by atoms with Crippen LogP contribution < -0.4 is 5.56 Å². The van der Waals surface area contributed by atoms with Gasteiger partial charge in [-0.1, -0.05) is 42.5 Å². The van der Waals surface area contributed by atoms with E-state index in [-0.39, 0.29) is 34.7 Å². The molecule has 194 valence electrons. The number of aryl methyl sites for hydroxylation is 1. The Labute approximate surface area is 219 Å². The summed E-state index contributed by atoms with van der Waals surface area (Å²) in [6, 6.07) is 18.7. The molecule has 8 heteroatoms. The number of rotatable bonds is 5. The molecule has 2 aliphatic heterocycles. The van der Waals surface area contributed by atoms with E-state index in [4.69, 9.17) is 0 Å². The minimum absolute atomic E-state index is 0.0554. The van der Waals surface area contributed by atoms with Crippen molar-refractivity contribution in [1.82, 2.24) is 19.6 Å². The maximum atomic E-state index is 14.9. The van der Waals surface area contributed by atoms with Crippen molar-refractivity contribution >= 4 is 16.7 Å². The summed E-state index contributed by atoms with van der Waals surface area (Å²) >= 11 is 0. The molecule has 2 aliphatic rings. The van der Waals surface area contributed by atoms with Gasteiger partial charge in [-0.25, -0.2) is 13.5 Å². The van der Waals surface area contributed by atoms with Gasteiger partial charge in [0, 0.05) is 57.1 Å². The number of amides is 1. The monoisotopic (exact) mass is 514 g/mol. The first-order chi connectivity index (χ1) is 18.4. The van der Waals surface area contributed by atoms with Gasteiger partial charge in [0.2, 0.25) is 0 Å². The van der Waals surface area contributed by atoms with Crippen molar-refractivity contribution in [3.63, 3.8) is 0 Å². The molecule has 2 unspecified atom stereocenters. The molecule has 4 aromatic rings. The van der Waals surface area contributed by atoms with Crippen molar-refractivity contribution in [2.24, 2.45) is 18.9 Å². The standard InChI is InChI=1S/C30H28F2N4O2/c1-34-29(37)24-8-4-3-7-23(24)28(33-34)13-19-10-11-27(32)25(12-19)30(38)36-17-21-15-35(16-22(21)18-36)14-20-6-2-5-9-26(20)31/h2-12,21-22H,13-18H2,1H3. The highest BCUT2D eigenvalue weighted by Crippen LogP contribution is 2.33. The Kier molecular flexibility index (Phi) is 6.27. The van der Waals surface area contributed by atoms with Crippen molar-refractivity contribution in [2.45, 2.75) is 13.0 Å². The molecular weight excluding hydrogens is 486 g/mol. The van der Waals surface area contributed by atoms with Gasteiger partial charge in [-0.15, -0.1) is 0 Å². The summed E-state index contributed by atoms with van der Waals surface area (Å²) in [5, 5.41) is 5.76. The highest BCUT2D eigenvalue weighted by molar-refractivity contribution is 5.95. The van der Waals surface area contributed by atoms with Gasteiger partial charge in [0.05, 0.1) is 16.6 Å². The van der Waals surface area contributed by atoms with Gasteiger partial charge in [-0.2, -0.15) is 5.10 Å². The third-order valence-corrected chi connectivity index (χ3v) is 7.87. The molecule has 2 saturated heterocycles. The summed E-state index contributed by atoms with van der Waals surface area (Å²) in [7, 11) is 1.61. The molecule has 0 saturated carbocycles. The fourth-order valence-corrected chi connectivity index (χ4v) is 5.97. The molecule has 2 atom stereocenters. The van der Waals surface area contributed by atoms with Crippen LogP contribution >= 0.6 is 0 Å². The number of aromatic nitrogens is 2. The van der Waals surface area contributed by atoms with Crippen LogP contribution in [0.1, 0.15) is 27.2 Å². The predicted molar refractivity (Wildman–Crippen MR) is 141 cm³/mol. The minimum Gasteiger partial charge on any atom is -0.338 e. The molecule has 6 nitrogen and oxygen atoms in total. The average molecular weight is 515 g/mol. The molecule has 0 aliphatic carbocycles. The molecule has 3 aromatic carbocycles. The Hall–Kier alpha value is -3.91. The van der Waals surface area contributed by atoms with Crippen LogP contribution in [-0.4, -0.2) is 51.7 Å². The number of carbonyl (C=O) groups is 1. The number of carbonyl (C=O) groups excluding carboxylic acids is 1. The van der Waals surface area contributed by atoms with Crippen molar-refractivity contribution < 1.29 is 13.6 Å². The summed E-state index contributed by atoms with van der Waals surface area (Å²) < 4.78 is 30.3. The van der Waals surface area contributed by atoms with Crippen molar-refractivity contribution in [3.05, 3.63) is 111 Å². The van der Waals surface area contributed by atoms with Crippen LogP contribution in [0.3, 0.4) is 0 Å². The molecule has 0 bridgehead atoms. The Balaban J connectivity index is 1.17. The minimum atomic E-state index is -0.546. The lowest BCUT2D eigenvalue weighted by atomic mass is 10.0. The van der Waals surface area contributed by atoms with Gasteiger partial charge >= 0.3 is 0 Å². The molecule has 1 amide bonds. The van der Waals surface area contributed by atoms with Gasteiger partial charge in [-0.3, -0.25) is 14.5 Å². The van der Waals surface area contributed by atoms with Crippen molar-refractivity contribution in [3.8, 4) is 0 Å². The van der Waals surface area contributed by atoms with E-state index >= 15 is 0 Å². The summed E-state index contributed by atoms with van der Waals surface area (Å²) in [5.41, 5.74) is 2.01. The van der Waals surface area contributed by atoms with E-state index in [2.05, 4.69) is 10.00 Å². The van der Waals surface area contributed by atoms with Crippen molar-refractivity contribution in [2.75, 3.05) is 26.2 Å². The number of fused-ring (bicyclic) bond motifs is 2. The summed E-state index contributed by atoms with van der Waals surface area (Å²) in [6.07, 6.45) is 0.367. The topological polar surface area (TPSA) is 58.4 Å². The number of nitrogens with zero attached hydrogens (tertiary/aromatic N) is 4. The molecule has 2 fully saturated rings. The fourth-order valence-electron chi connectivity index (χ4n) is 5.97. The van der Waals surface area contributed by atoms with Crippen LogP contribution in [0.5, 0.6) is 0 Å². The van der Waals surface area contributed by atoms with E-state index in [0.29, 0.717) is 42.7 Å². The molecule has 0 spiro atoms. The van der Waals surface area contributed by atoms with Crippen LogP contribution in [-0.2, 0) is 20.0 Å². The summed E-state index contributed by atoms with van der Waals surface area (Å²) in [4.78, 5) is 29.8. The van der Waals surface area contributed by atoms with E-state index in [9.17, 15) is 18.4 Å². The van der Waals surface area contributed by atoms with E-state index in [1.165, 1.54) is 16.8 Å².